The molecule has 2 unspecified atom stereocenters. The van der Waals surface area contributed by atoms with Crippen LogP contribution < -0.4 is 5.32 Å². The summed E-state index contributed by atoms with van der Waals surface area (Å²) in [4.78, 5) is 10.6. The Morgan fingerprint density at radius 2 is 2.25 bits per heavy atom. The maximum atomic E-state index is 10.6. The molecule has 1 aromatic carbocycles. The molecule has 2 N–H and O–H groups in total. The predicted octanol–water partition coefficient (Wildman–Crippen LogP) is 3.13. The van der Waals surface area contributed by atoms with E-state index in [1.54, 1.807) is 12.1 Å². The van der Waals surface area contributed by atoms with Gasteiger partial charge in [0, 0.05) is 6.54 Å². The molecule has 0 aliphatic heterocycles. The van der Waals surface area contributed by atoms with E-state index in [4.69, 9.17) is 28.3 Å². The molecule has 86 valence electrons. The zero-order valence-electron chi connectivity index (χ0n) is 8.41. The second-order valence-corrected chi connectivity index (χ2v) is 4.71. The van der Waals surface area contributed by atoms with Gasteiger partial charge in [0.25, 0.3) is 0 Å². The average molecular weight is 260 g/mol. The molecule has 1 aliphatic carbocycles. The van der Waals surface area contributed by atoms with E-state index in [9.17, 15) is 4.79 Å². The summed E-state index contributed by atoms with van der Waals surface area (Å²) in [6.45, 7) is 0.622. The van der Waals surface area contributed by atoms with Crippen molar-refractivity contribution in [2.45, 2.75) is 6.42 Å². The number of anilines is 1. The van der Waals surface area contributed by atoms with Crippen LogP contribution in [0, 0.1) is 11.8 Å². The van der Waals surface area contributed by atoms with Crippen LogP contribution in [0.3, 0.4) is 0 Å². The van der Waals surface area contributed by atoms with Crippen molar-refractivity contribution in [3.8, 4) is 0 Å². The fraction of sp³-hybridized carbons (Fsp3) is 0.364. The van der Waals surface area contributed by atoms with E-state index in [0.29, 0.717) is 16.6 Å². The molecular weight excluding hydrogens is 249 g/mol. The van der Waals surface area contributed by atoms with Gasteiger partial charge in [-0.25, -0.2) is 0 Å². The number of carbonyl (C=O) groups is 1. The van der Waals surface area contributed by atoms with E-state index in [0.717, 1.165) is 12.1 Å². The summed E-state index contributed by atoms with van der Waals surface area (Å²) >= 11 is 11.8. The molecule has 1 saturated carbocycles. The summed E-state index contributed by atoms with van der Waals surface area (Å²) in [5, 5.41) is 12.8. The van der Waals surface area contributed by atoms with Crippen molar-refractivity contribution in [1.29, 1.82) is 0 Å². The van der Waals surface area contributed by atoms with Crippen molar-refractivity contribution in [3.63, 3.8) is 0 Å². The van der Waals surface area contributed by atoms with Crippen molar-refractivity contribution in [2.24, 2.45) is 11.8 Å². The van der Waals surface area contributed by atoms with Gasteiger partial charge in [0.2, 0.25) is 0 Å². The molecule has 2 atom stereocenters. The Labute approximate surface area is 103 Å². The highest BCUT2D eigenvalue weighted by molar-refractivity contribution is 6.43. The molecule has 0 heterocycles. The zero-order chi connectivity index (χ0) is 11.7. The van der Waals surface area contributed by atoms with E-state index in [1.807, 2.05) is 6.07 Å². The zero-order valence-corrected chi connectivity index (χ0v) is 9.92. The number of carboxylic acids is 1. The first kappa shape index (κ1) is 11.6. The second kappa shape index (κ2) is 4.52. The number of halogens is 2. The Balaban J connectivity index is 1.91. The third-order valence-corrected chi connectivity index (χ3v) is 3.56. The molecule has 0 saturated heterocycles. The minimum Gasteiger partial charge on any atom is -0.481 e. The minimum atomic E-state index is -0.719. The van der Waals surface area contributed by atoms with Gasteiger partial charge in [-0.1, -0.05) is 29.3 Å². The Hall–Kier alpha value is -0.930. The maximum Gasteiger partial charge on any atom is 0.306 e. The highest BCUT2D eigenvalue weighted by atomic mass is 35.5. The highest BCUT2D eigenvalue weighted by Gasteiger charge is 2.42. The van der Waals surface area contributed by atoms with Crippen LogP contribution in [-0.4, -0.2) is 17.6 Å². The van der Waals surface area contributed by atoms with Crippen LogP contribution in [0.15, 0.2) is 18.2 Å². The monoisotopic (exact) mass is 259 g/mol. The van der Waals surface area contributed by atoms with Gasteiger partial charge in [0.1, 0.15) is 0 Å². The molecule has 5 heteroatoms. The maximum absolute atomic E-state index is 10.6. The lowest BCUT2D eigenvalue weighted by Gasteiger charge is -2.08. The topological polar surface area (TPSA) is 49.3 Å². The molecule has 0 radical (unpaired) electrons. The number of benzene rings is 1. The lowest BCUT2D eigenvalue weighted by Crippen LogP contribution is -2.08. The fourth-order valence-corrected chi connectivity index (χ4v) is 2.02. The molecule has 0 amide bonds. The fourth-order valence-electron chi connectivity index (χ4n) is 1.66. The highest BCUT2D eigenvalue weighted by Crippen LogP contribution is 2.39. The van der Waals surface area contributed by atoms with E-state index in [1.165, 1.54) is 0 Å². The minimum absolute atomic E-state index is 0.201. The van der Waals surface area contributed by atoms with Crippen molar-refractivity contribution in [3.05, 3.63) is 28.2 Å². The number of aliphatic carboxylic acids is 1. The normalized spacial score (nSPS) is 22.9. The van der Waals surface area contributed by atoms with Crippen molar-refractivity contribution in [2.75, 3.05) is 11.9 Å². The summed E-state index contributed by atoms with van der Waals surface area (Å²) in [6.07, 6.45) is 0.737. The third kappa shape index (κ3) is 2.42. The first-order chi connectivity index (χ1) is 7.59. The summed E-state index contributed by atoms with van der Waals surface area (Å²) < 4.78 is 0. The number of carboxylic acid groups (broad SMARTS) is 1. The van der Waals surface area contributed by atoms with Gasteiger partial charge in [0.15, 0.2) is 0 Å². The van der Waals surface area contributed by atoms with Gasteiger partial charge in [-0.3, -0.25) is 4.79 Å². The van der Waals surface area contributed by atoms with Crippen molar-refractivity contribution >= 4 is 34.9 Å². The quantitative estimate of drug-likeness (QED) is 0.874. The summed E-state index contributed by atoms with van der Waals surface area (Å²) in [7, 11) is 0. The Bertz CT molecular complexity index is 422. The van der Waals surface area contributed by atoms with Crippen molar-refractivity contribution < 1.29 is 9.90 Å². The van der Waals surface area contributed by atoms with E-state index in [2.05, 4.69) is 5.32 Å². The molecule has 1 aliphatic rings. The largest absolute Gasteiger partial charge is 0.481 e. The molecule has 1 aromatic rings. The van der Waals surface area contributed by atoms with Crippen LogP contribution in [0.5, 0.6) is 0 Å². The first-order valence-electron chi connectivity index (χ1n) is 5.00. The van der Waals surface area contributed by atoms with E-state index < -0.39 is 5.97 Å². The summed E-state index contributed by atoms with van der Waals surface area (Å²) in [5.74, 6) is -0.720. The standard InChI is InChI=1S/C11H11Cl2NO2/c12-8-2-1-3-9(10(8)13)14-5-6-4-7(6)11(15)16/h1-3,6-7,14H,4-5H2,(H,15,16). The Morgan fingerprint density at radius 3 is 2.88 bits per heavy atom. The summed E-state index contributed by atoms with van der Waals surface area (Å²) in [5.41, 5.74) is 0.755. The van der Waals surface area contributed by atoms with Crippen LogP contribution in [0.1, 0.15) is 6.42 Å². The van der Waals surface area contributed by atoms with Gasteiger partial charge in [0.05, 0.1) is 21.7 Å². The SMILES string of the molecule is O=C(O)C1CC1CNc1cccc(Cl)c1Cl. The van der Waals surface area contributed by atoms with E-state index >= 15 is 0 Å². The lowest BCUT2D eigenvalue weighted by molar-refractivity contribution is -0.138. The summed E-state index contributed by atoms with van der Waals surface area (Å²) in [6, 6.07) is 5.34. The Kier molecular flexibility index (Phi) is 3.26. The molecule has 0 aromatic heterocycles. The number of rotatable bonds is 4. The third-order valence-electron chi connectivity index (χ3n) is 2.75. The van der Waals surface area contributed by atoms with Gasteiger partial charge < -0.3 is 10.4 Å². The molecule has 2 rings (SSSR count). The molecule has 16 heavy (non-hydrogen) atoms. The molecule has 1 fully saturated rings. The van der Waals surface area contributed by atoms with Crippen LogP contribution in [0.25, 0.3) is 0 Å². The first-order valence-corrected chi connectivity index (χ1v) is 5.76. The van der Waals surface area contributed by atoms with Crippen LogP contribution in [-0.2, 0) is 4.79 Å². The number of nitrogens with one attached hydrogen (secondary N) is 1. The molecule has 3 nitrogen and oxygen atoms in total. The van der Waals surface area contributed by atoms with Crippen LogP contribution >= 0.6 is 23.2 Å². The Morgan fingerprint density at radius 1 is 1.50 bits per heavy atom. The second-order valence-electron chi connectivity index (χ2n) is 3.92. The van der Waals surface area contributed by atoms with Gasteiger partial charge in [-0.05, 0) is 24.5 Å². The van der Waals surface area contributed by atoms with Gasteiger partial charge in [-0.15, -0.1) is 0 Å². The molecular formula is C11H11Cl2NO2. The predicted molar refractivity (Wildman–Crippen MR) is 64.2 cm³/mol. The van der Waals surface area contributed by atoms with E-state index in [-0.39, 0.29) is 11.8 Å². The number of hydrogen-bond acceptors (Lipinski definition) is 2. The van der Waals surface area contributed by atoms with Gasteiger partial charge >= 0.3 is 5.97 Å². The van der Waals surface area contributed by atoms with Crippen LogP contribution in [0.2, 0.25) is 10.0 Å². The molecule has 0 spiro atoms. The van der Waals surface area contributed by atoms with Gasteiger partial charge in [-0.2, -0.15) is 0 Å². The van der Waals surface area contributed by atoms with Crippen LogP contribution in [0.4, 0.5) is 5.69 Å². The van der Waals surface area contributed by atoms with Crippen molar-refractivity contribution in [1.82, 2.24) is 0 Å². The molecule has 0 bridgehead atoms. The number of hydrogen-bond donors (Lipinski definition) is 2. The lowest BCUT2D eigenvalue weighted by atomic mass is 10.3. The average Bonchev–Trinajstić information content (AvgIpc) is 3.00. The smallest absolute Gasteiger partial charge is 0.306 e.